The van der Waals surface area contributed by atoms with Gasteiger partial charge in [0, 0.05) is 11.0 Å². The van der Waals surface area contributed by atoms with E-state index in [0.29, 0.717) is 12.1 Å². The Morgan fingerprint density at radius 3 is 2.90 bits per heavy atom. The maximum atomic E-state index is 13.1. The second-order valence-corrected chi connectivity index (χ2v) is 4.98. The Balaban J connectivity index is 2.52. The predicted octanol–water partition coefficient (Wildman–Crippen LogP) is 2.10. The minimum atomic E-state index is -0.548. The fraction of sp³-hybridized carbons (Fsp3) is 0.250. The highest BCUT2D eigenvalue weighted by Crippen LogP contribution is 2.17. The van der Waals surface area contributed by atoms with Crippen LogP contribution in [0, 0.1) is 5.82 Å². The van der Waals surface area contributed by atoms with Crippen LogP contribution in [0.2, 0.25) is 0 Å². The van der Waals surface area contributed by atoms with E-state index in [2.05, 4.69) is 36.5 Å². The molecule has 0 amide bonds. The van der Waals surface area contributed by atoms with Gasteiger partial charge in [-0.2, -0.15) is 5.10 Å². The van der Waals surface area contributed by atoms with Gasteiger partial charge in [-0.15, -0.1) is 0 Å². The van der Waals surface area contributed by atoms with E-state index in [0.717, 1.165) is 4.47 Å². The first-order chi connectivity index (χ1) is 9.43. The van der Waals surface area contributed by atoms with Crippen LogP contribution in [0.5, 0.6) is 0 Å². The minimum Gasteiger partial charge on any atom is -0.464 e. The van der Waals surface area contributed by atoms with Crippen LogP contribution >= 0.6 is 28.1 Å². The highest BCUT2D eigenvalue weighted by molar-refractivity contribution is 9.10. The number of nitrogens with zero attached hydrogens (tertiary/aromatic N) is 1. The molecule has 2 N–H and O–H groups in total. The van der Waals surface area contributed by atoms with Gasteiger partial charge >= 0.3 is 5.97 Å². The van der Waals surface area contributed by atoms with Crippen molar-refractivity contribution < 1.29 is 13.9 Å². The second-order valence-electron chi connectivity index (χ2n) is 3.72. The zero-order valence-corrected chi connectivity index (χ0v) is 13.3. The van der Waals surface area contributed by atoms with Crippen molar-refractivity contribution in [2.75, 3.05) is 7.11 Å². The molecule has 1 aromatic rings. The summed E-state index contributed by atoms with van der Waals surface area (Å²) < 4.78 is 18.3. The number of ether oxygens (including phenoxy) is 1. The van der Waals surface area contributed by atoms with Gasteiger partial charge in [0.2, 0.25) is 0 Å². The lowest BCUT2D eigenvalue weighted by Crippen LogP contribution is -2.33. The number of carbonyl (C=O) groups excluding carboxylic acids is 1. The standard InChI is InChI=1S/C12H13BrFN3O2S/c1-7(11(18)19-2)16-17-12(20)15-6-8-5-9(14)3-4-10(8)13/h3-5H,6H2,1-2H3,(H2,15,17,20)/b16-7+. The summed E-state index contributed by atoms with van der Waals surface area (Å²) in [6.07, 6.45) is 0. The Hall–Kier alpha value is -1.54. The molecule has 0 fully saturated rings. The van der Waals surface area contributed by atoms with Crippen molar-refractivity contribution in [3.05, 3.63) is 34.1 Å². The molecule has 1 rings (SSSR count). The number of hydrogen-bond acceptors (Lipinski definition) is 4. The molecule has 0 unspecified atom stereocenters. The van der Waals surface area contributed by atoms with Crippen molar-refractivity contribution in [2.24, 2.45) is 5.10 Å². The van der Waals surface area contributed by atoms with E-state index in [4.69, 9.17) is 12.2 Å². The molecule has 5 nitrogen and oxygen atoms in total. The first-order valence-corrected chi connectivity index (χ1v) is 6.74. The average molecular weight is 362 g/mol. The third kappa shape index (κ3) is 5.22. The monoisotopic (exact) mass is 361 g/mol. The molecule has 8 heteroatoms. The molecule has 0 atom stereocenters. The van der Waals surface area contributed by atoms with Gasteiger partial charge in [-0.3, -0.25) is 5.43 Å². The topological polar surface area (TPSA) is 62.7 Å². The van der Waals surface area contributed by atoms with E-state index in [-0.39, 0.29) is 16.6 Å². The average Bonchev–Trinajstić information content (AvgIpc) is 2.44. The third-order valence-corrected chi connectivity index (χ3v) is 3.26. The molecule has 0 spiro atoms. The van der Waals surface area contributed by atoms with Gasteiger partial charge in [-0.25, -0.2) is 9.18 Å². The third-order valence-electron chi connectivity index (χ3n) is 2.25. The fourth-order valence-corrected chi connectivity index (χ4v) is 1.73. The summed E-state index contributed by atoms with van der Waals surface area (Å²) in [6, 6.07) is 4.36. The van der Waals surface area contributed by atoms with E-state index in [9.17, 15) is 9.18 Å². The largest absolute Gasteiger partial charge is 0.464 e. The van der Waals surface area contributed by atoms with Gasteiger partial charge < -0.3 is 10.1 Å². The van der Waals surface area contributed by atoms with Gasteiger partial charge in [-0.05, 0) is 42.9 Å². The van der Waals surface area contributed by atoms with Crippen molar-refractivity contribution in [3.63, 3.8) is 0 Å². The molecule has 0 bridgehead atoms. The Morgan fingerprint density at radius 1 is 1.55 bits per heavy atom. The number of hydrazone groups is 1. The van der Waals surface area contributed by atoms with Crippen molar-refractivity contribution >= 4 is 44.9 Å². The summed E-state index contributed by atoms with van der Waals surface area (Å²) in [5.74, 6) is -0.878. The SMILES string of the molecule is COC(=O)/C(C)=N/NC(=S)NCc1cc(F)ccc1Br. The fourth-order valence-electron chi connectivity index (χ4n) is 1.22. The summed E-state index contributed by atoms with van der Waals surface area (Å²) in [5.41, 5.74) is 3.35. The molecular formula is C12H13BrFN3O2S. The van der Waals surface area contributed by atoms with E-state index in [1.54, 1.807) is 6.07 Å². The van der Waals surface area contributed by atoms with E-state index >= 15 is 0 Å². The molecule has 0 aliphatic carbocycles. The molecule has 108 valence electrons. The molecule has 0 saturated heterocycles. The first kappa shape index (κ1) is 16.5. The van der Waals surface area contributed by atoms with Crippen LogP contribution in [-0.4, -0.2) is 23.9 Å². The van der Waals surface area contributed by atoms with Gasteiger partial charge in [0.1, 0.15) is 11.5 Å². The van der Waals surface area contributed by atoms with E-state index in [1.807, 2.05) is 0 Å². The number of hydrogen-bond donors (Lipinski definition) is 2. The molecular weight excluding hydrogens is 349 g/mol. The number of nitrogens with one attached hydrogen (secondary N) is 2. The molecule has 0 radical (unpaired) electrons. The number of benzene rings is 1. The number of esters is 1. The van der Waals surface area contributed by atoms with Crippen molar-refractivity contribution in [1.82, 2.24) is 10.7 Å². The van der Waals surface area contributed by atoms with Gasteiger partial charge in [0.15, 0.2) is 5.11 Å². The molecule has 0 aliphatic heterocycles. The summed E-state index contributed by atoms with van der Waals surface area (Å²) in [5, 5.41) is 6.81. The molecule has 0 aliphatic rings. The maximum absolute atomic E-state index is 13.1. The van der Waals surface area contributed by atoms with Crippen molar-refractivity contribution in [2.45, 2.75) is 13.5 Å². The van der Waals surface area contributed by atoms with Crippen LogP contribution in [0.3, 0.4) is 0 Å². The van der Waals surface area contributed by atoms with Crippen LogP contribution in [0.25, 0.3) is 0 Å². The molecule has 20 heavy (non-hydrogen) atoms. The summed E-state index contributed by atoms with van der Waals surface area (Å²) in [6.45, 7) is 1.81. The number of thiocarbonyl (C=S) groups is 1. The predicted molar refractivity (Wildman–Crippen MR) is 81.8 cm³/mol. The van der Waals surface area contributed by atoms with Crippen LogP contribution in [0.1, 0.15) is 12.5 Å². The lowest BCUT2D eigenvalue weighted by atomic mass is 10.2. The quantitative estimate of drug-likeness (QED) is 0.372. The highest BCUT2D eigenvalue weighted by Gasteiger charge is 2.05. The number of rotatable bonds is 4. The Labute approximate surface area is 129 Å². The van der Waals surface area contributed by atoms with Crippen LogP contribution in [0.4, 0.5) is 4.39 Å². The molecule has 0 heterocycles. The summed E-state index contributed by atoms with van der Waals surface area (Å²) >= 11 is 8.29. The molecule has 1 aromatic carbocycles. The highest BCUT2D eigenvalue weighted by atomic mass is 79.9. The summed E-state index contributed by atoms with van der Waals surface area (Å²) in [4.78, 5) is 11.1. The summed E-state index contributed by atoms with van der Waals surface area (Å²) in [7, 11) is 1.26. The zero-order valence-electron chi connectivity index (χ0n) is 10.9. The Bertz CT molecular complexity index is 552. The van der Waals surface area contributed by atoms with Crippen LogP contribution in [0.15, 0.2) is 27.8 Å². The number of methoxy groups -OCH3 is 1. The number of carbonyl (C=O) groups is 1. The Morgan fingerprint density at radius 2 is 2.25 bits per heavy atom. The Kier molecular flexibility index (Phi) is 6.53. The molecule has 0 saturated carbocycles. The normalized spacial score (nSPS) is 10.9. The van der Waals surface area contributed by atoms with Crippen LogP contribution < -0.4 is 10.7 Å². The second kappa shape index (κ2) is 7.91. The maximum Gasteiger partial charge on any atom is 0.353 e. The number of halogens is 2. The van der Waals surface area contributed by atoms with E-state index in [1.165, 1.54) is 26.2 Å². The lowest BCUT2D eigenvalue weighted by molar-refractivity contribution is -0.132. The van der Waals surface area contributed by atoms with Gasteiger partial charge in [0.25, 0.3) is 0 Å². The van der Waals surface area contributed by atoms with Gasteiger partial charge in [-0.1, -0.05) is 15.9 Å². The van der Waals surface area contributed by atoms with Crippen molar-refractivity contribution in [1.29, 1.82) is 0 Å². The minimum absolute atomic E-state index is 0.142. The zero-order chi connectivity index (χ0) is 15.1. The smallest absolute Gasteiger partial charge is 0.353 e. The van der Waals surface area contributed by atoms with Gasteiger partial charge in [0.05, 0.1) is 7.11 Å². The molecule has 0 aromatic heterocycles. The first-order valence-electron chi connectivity index (χ1n) is 5.54. The van der Waals surface area contributed by atoms with Crippen molar-refractivity contribution in [3.8, 4) is 0 Å². The lowest BCUT2D eigenvalue weighted by Gasteiger charge is -2.09. The van der Waals surface area contributed by atoms with Crippen LogP contribution in [-0.2, 0) is 16.1 Å². The van der Waals surface area contributed by atoms with E-state index < -0.39 is 5.97 Å².